The molecule has 0 bridgehead atoms. The molecule has 0 saturated carbocycles. The molecule has 0 saturated heterocycles. The zero-order chi connectivity index (χ0) is 22.0. The summed E-state index contributed by atoms with van der Waals surface area (Å²) in [5, 5.41) is 2.58. The largest absolute Gasteiger partial charge is 0.356 e. The van der Waals surface area contributed by atoms with Crippen LogP contribution in [0.5, 0.6) is 0 Å². The number of aromatic amines is 1. The van der Waals surface area contributed by atoms with Crippen molar-refractivity contribution in [3.05, 3.63) is 77.2 Å². The van der Waals surface area contributed by atoms with Crippen molar-refractivity contribution < 1.29 is 0 Å². The summed E-state index contributed by atoms with van der Waals surface area (Å²) in [5.74, 6) is 0. The van der Waals surface area contributed by atoms with Crippen molar-refractivity contribution >= 4 is 21.8 Å². The fourth-order valence-electron chi connectivity index (χ4n) is 5.35. The Balaban J connectivity index is 1.62. The molecule has 0 fully saturated rings. The van der Waals surface area contributed by atoms with Crippen molar-refractivity contribution in [2.75, 3.05) is 13.6 Å². The van der Waals surface area contributed by atoms with E-state index in [0.29, 0.717) is 0 Å². The lowest BCUT2D eigenvalue weighted by Gasteiger charge is -2.22. The summed E-state index contributed by atoms with van der Waals surface area (Å²) in [6.07, 6.45) is 3.18. The first-order chi connectivity index (χ1) is 15.5. The van der Waals surface area contributed by atoms with Crippen LogP contribution in [0.3, 0.4) is 0 Å². The Morgan fingerprint density at radius 1 is 1.00 bits per heavy atom. The van der Waals surface area contributed by atoms with Gasteiger partial charge in [-0.1, -0.05) is 24.3 Å². The molecule has 4 heteroatoms. The molecule has 4 nitrogen and oxygen atoms in total. The topological polar surface area (TPSA) is 36.9 Å². The van der Waals surface area contributed by atoms with Crippen LogP contribution in [-0.4, -0.2) is 33.0 Å². The summed E-state index contributed by atoms with van der Waals surface area (Å²) < 4.78 is 2.17. The molecule has 5 aromatic rings. The predicted octanol–water partition coefficient (Wildman–Crippen LogP) is 5.99. The van der Waals surface area contributed by atoms with Crippen LogP contribution in [0.25, 0.3) is 44.2 Å². The highest BCUT2D eigenvalue weighted by atomic mass is 15.1. The first kappa shape index (κ1) is 19.3. The molecular weight excluding hydrogens is 392 g/mol. The zero-order valence-electron chi connectivity index (χ0n) is 19.2. The molecule has 32 heavy (non-hydrogen) atoms. The van der Waals surface area contributed by atoms with Gasteiger partial charge in [-0.15, -0.1) is 0 Å². The SMILES string of the molecule is Cc1cc2c3c([nH]c2c(-c2cccc(C)c2-c2ccc4c(ccn4C)c2)n1)CCN(C)C3. The lowest BCUT2D eigenvalue weighted by Crippen LogP contribution is -2.25. The van der Waals surface area contributed by atoms with Crippen molar-refractivity contribution in [1.29, 1.82) is 0 Å². The number of rotatable bonds is 2. The number of aryl methyl sites for hydroxylation is 3. The minimum absolute atomic E-state index is 0.990. The van der Waals surface area contributed by atoms with Crippen LogP contribution in [0.2, 0.25) is 0 Å². The normalized spacial score (nSPS) is 14.4. The summed E-state index contributed by atoms with van der Waals surface area (Å²) in [4.78, 5) is 11.2. The number of aromatic nitrogens is 3. The Labute approximate surface area is 188 Å². The number of likely N-dealkylation sites (N-methyl/N-ethyl adjacent to an activating group) is 1. The second kappa shape index (κ2) is 7.07. The van der Waals surface area contributed by atoms with Gasteiger partial charge < -0.3 is 14.5 Å². The monoisotopic (exact) mass is 420 g/mol. The highest BCUT2D eigenvalue weighted by Crippen LogP contribution is 2.40. The minimum atomic E-state index is 0.990. The highest BCUT2D eigenvalue weighted by Gasteiger charge is 2.22. The van der Waals surface area contributed by atoms with Gasteiger partial charge in [0.25, 0.3) is 0 Å². The average Bonchev–Trinajstić information content (AvgIpc) is 3.33. The first-order valence-electron chi connectivity index (χ1n) is 11.3. The van der Waals surface area contributed by atoms with Gasteiger partial charge in [-0.05, 0) is 67.4 Å². The average molecular weight is 421 g/mol. The summed E-state index contributed by atoms with van der Waals surface area (Å²) >= 11 is 0. The molecule has 3 aromatic heterocycles. The quantitative estimate of drug-likeness (QED) is 0.381. The summed E-state index contributed by atoms with van der Waals surface area (Å²) in [6.45, 7) is 6.40. The summed E-state index contributed by atoms with van der Waals surface area (Å²) in [6, 6.07) is 17.8. The third-order valence-electron chi connectivity index (χ3n) is 6.99. The molecule has 0 amide bonds. The zero-order valence-corrected chi connectivity index (χ0v) is 19.2. The van der Waals surface area contributed by atoms with E-state index < -0.39 is 0 Å². The molecule has 0 atom stereocenters. The van der Waals surface area contributed by atoms with E-state index in [1.165, 1.54) is 55.3 Å². The van der Waals surface area contributed by atoms with Gasteiger partial charge in [-0.2, -0.15) is 0 Å². The second-order valence-corrected chi connectivity index (χ2v) is 9.30. The molecule has 4 heterocycles. The molecule has 0 radical (unpaired) electrons. The molecule has 0 spiro atoms. The van der Waals surface area contributed by atoms with E-state index in [1.807, 2.05) is 0 Å². The third kappa shape index (κ3) is 2.90. The third-order valence-corrected chi connectivity index (χ3v) is 6.99. The van der Waals surface area contributed by atoms with Crippen LogP contribution >= 0.6 is 0 Å². The molecule has 160 valence electrons. The van der Waals surface area contributed by atoms with E-state index in [-0.39, 0.29) is 0 Å². The van der Waals surface area contributed by atoms with E-state index >= 15 is 0 Å². The Kier molecular flexibility index (Phi) is 4.27. The van der Waals surface area contributed by atoms with E-state index in [1.54, 1.807) is 0 Å². The predicted molar refractivity (Wildman–Crippen MR) is 133 cm³/mol. The fraction of sp³-hybridized carbons (Fsp3) is 0.250. The van der Waals surface area contributed by atoms with Gasteiger partial charge >= 0.3 is 0 Å². The van der Waals surface area contributed by atoms with E-state index in [2.05, 4.69) is 97.1 Å². The molecular formula is C28H28N4. The van der Waals surface area contributed by atoms with E-state index in [0.717, 1.165) is 30.9 Å². The number of benzene rings is 2. The Morgan fingerprint density at radius 2 is 1.88 bits per heavy atom. The number of hydrogen-bond donors (Lipinski definition) is 1. The number of nitrogens with one attached hydrogen (secondary N) is 1. The first-order valence-corrected chi connectivity index (χ1v) is 11.3. The molecule has 1 aliphatic rings. The van der Waals surface area contributed by atoms with Gasteiger partial charge in [0.1, 0.15) is 0 Å². The van der Waals surface area contributed by atoms with Crippen LogP contribution < -0.4 is 0 Å². The van der Waals surface area contributed by atoms with Crippen LogP contribution in [0.1, 0.15) is 22.5 Å². The molecule has 1 aliphatic heterocycles. The van der Waals surface area contributed by atoms with Gasteiger partial charge in [-0.3, -0.25) is 4.98 Å². The fourth-order valence-corrected chi connectivity index (χ4v) is 5.35. The summed E-state index contributed by atoms with van der Waals surface area (Å²) in [7, 11) is 4.30. The van der Waals surface area contributed by atoms with Gasteiger partial charge in [0.2, 0.25) is 0 Å². The lowest BCUT2D eigenvalue weighted by molar-refractivity contribution is 0.313. The number of H-pyrrole nitrogens is 1. The van der Waals surface area contributed by atoms with E-state index in [9.17, 15) is 0 Å². The molecule has 1 N–H and O–H groups in total. The van der Waals surface area contributed by atoms with E-state index in [4.69, 9.17) is 4.98 Å². The van der Waals surface area contributed by atoms with Gasteiger partial charge in [0.15, 0.2) is 0 Å². The highest BCUT2D eigenvalue weighted by molar-refractivity contribution is 6.00. The maximum absolute atomic E-state index is 5.08. The van der Waals surface area contributed by atoms with Crippen LogP contribution in [-0.2, 0) is 20.0 Å². The molecule has 0 unspecified atom stereocenters. The number of hydrogen-bond acceptors (Lipinski definition) is 2. The standard InChI is InChI=1S/C28H28N4/c1-17-6-5-7-21(26(17)20-8-9-25-19(15-20)10-13-32(25)4)27-28-22(14-18(2)29-27)23-16-31(3)12-11-24(23)30-28/h5-10,13-15,30H,11-12,16H2,1-4H3. The van der Waals surface area contributed by atoms with Crippen LogP contribution in [0.4, 0.5) is 0 Å². The number of pyridine rings is 1. The number of nitrogens with zero attached hydrogens (tertiary/aromatic N) is 3. The lowest BCUT2D eigenvalue weighted by atomic mass is 9.91. The maximum atomic E-state index is 5.08. The Morgan fingerprint density at radius 3 is 2.75 bits per heavy atom. The smallest absolute Gasteiger partial charge is 0.0952 e. The van der Waals surface area contributed by atoms with Crippen LogP contribution in [0, 0.1) is 13.8 Å². The van der Waals surface area contributed by atoms with Crippen molar-refractivity contribution in [2.24, 2.45) is 7.05 Å². The Bertz CT molecular complexity index is 1500. The van der Waals surface area contributed by atoms with Crippen molar-refractivity contribution in [3.8, 4) is 22.4 Å². The Hall–Kier alpha value is -3.37. The van der Waals surface area contributed by atoms with Crippen molar-refractivity contribution in [1.82, 2.24) is 19.4 Å². The van der Waals surface area contributed by atoms with Gasteiger partial charge in [0, 0.05) is 66.0 Å². The number of fused-ring (bicyclic) bond motifs is 4. The maximum Gasteiger partial charge on any atom is 0.0952 e. The summed E-state index contributed by atoms with van der Waals surface area (Å²) in [5.41, 5.74) is 12.3. The van der Waals surface area contributed by atoms with Gasteiger partial charge in [-0.25, -0.2) is 0 Å². The van der Waals surface area contributed by atoms with Crippen LogP contribution in [0.15, 0.2) is 54.7 Å². The van der Waals surface area contributed by atoms with Crippen molar-refractivity contribution in [3.63, 3.8) is 0 Å². The minimum Gasteiger partial charge on any atom is -0.356 e. The molecule has 2 aromatic carbocycles. The molecule has 6 rings (SSSR count). The second-order valence-electron chi connectivity index (χ2n) is 9.30. The van der Waals surface area contributed by atoms with Gasteiger partial charge in [0.05, 0.1) is 11.2 Å². The van der Waals surface area contributed by atoms with Crippen molar-refractivity contribution in [2.45, 2.75) is 26.8 Å². The molecule has 0 aliphatic carbocycles.